The molecule has 2 aromatic rings. The molecule has 0 spiro atoms. The zero-order valence-electron chi connectivity index (χ0n) is 10.4. The van der Waals surface area contributed by atoms with Crippen molar-refractivity contribution in [2.45, 2.75) is 6.42 Å². The average molecular weight is 273 g/mol. The fourth-order valence-corrected chi connectivity index (χ4v) is 2.08. The van der Waals surface area contributed by atoms with Crippen molar-refractivity contribution in [2.24, 2.45) is 0 Å². The van der Waals surface area contributed by atoms with Crippen molar-refractivity contribution >= 4 is 17.6 Å². The van der Waals surface area contributed by atoms with Crippen LogP contribution in [0.3, 0.4) is 0 Å². The molecule has 0 aliphatic carbocycles. The molecule has 3 rings (SSSR count). The summed E-state index contributed by atoms with van der Waals surface area (Å²) in [5.74, 6) is -1.44. The minimum absolute atomic E-state index is 0.0498. The Labute approximate surface area is 113 Å². The van der Waals surface area contributed by atoms with Gasteiger partial charge in [-0.15, -0.1) is 0 Å². The molecule has 0 unspecified atom stereocenters. The Kier molecular flexibility index (Phi) is 2.86. The standard InChI is InChI=1S/C13H11N3O4/c17-12-5-6-16(14-12)10-4-2-1-3-8(10)9-7-11(13(18)19)20-15-9/h1-4,7H,5-6H2,(H,14,17)(H,18,19). The van der Waals surface area contributed by atoms with Crippen LogP contribution in [-0.4, -0.2) is 28.7 Å². The number of anilines is 1. The summed E-state index contributed by atoms with van der Waals surface area (Å²) >= 11 is 0. The molecule has 1 aliphatic heterocycles. The first kappa shape index (κ1) is 12.2. The minimum atomic E-state index is -1.17. The summed E-state index contributed by atoms with van der Waals surface area (Å²) in [5, 5.41) is 14.3. The highest BCUT2D eigenvalue weighted by atomic mass is 16.5. The molecule has 1 aromatic heterocycles. The second kappa shape index (κ2) is 4.69. The van der Waals surface area contributed by atoms with Gasteiger partial charge in [0.05, 0.1) is 5.69 Å². The molecule has 1 aromatic carbocycles. The third-order valence-electron chi connectivity index (χ3n) is 3.01. The molecule has 1 aliphatic rings. The molecule has 0 atom stereocenters. The van der Waals surface area contributed by atoms with E-state index < -0.39 is 5.97 Å². The molecule has 102 valence electrons. The second-order valence-corrected chi connectivity index (χ2v) is 4.34. The number of carboxylic acids is 1. The number of para-hydroxylation sites is 1. The van der Waals surface area contributed by atoms with E-state index in [9.17, 15) is 9.59 Å². The summed E-state index contributed by atoms with van der Waals surface area (Å²) in [7, 11) is 0. The lowest BCUT2D eigenvalue weighted by Gasteiger charge is -2.19. The van der Waals surface area contributed by atoms with Crippen molar-refractivity contribution in [1.82, 2.24) is 10.6 Å². The van der Waals surface area contributed by atoms with Crippen LogP contribution in [0.15, 0.2) is 34.9 Å². The molecule has 1 saturated heterocycles. The maximum absolute atomic E-state index is 11.3. The van der Waals surface area contributed by atoms with Gasteiger partial charge in [-0.2, -0.15) is 0 Å². The summed E-state index contributed by atoms with van der Waals surface area (Å²) in [6.45, 7) is 0.555. The Morgan fingerprint density at radius 2 is 2.20 bits per heavy atom. The Bertz CT molecular complexity index is 680. The normalized spacial score (nSPS) is 14.4. The quantitative estimate of drug-likeness (QED) is 0.874. The molecule has 0 bridgehead atoms. The van der Waals surface area contributed by atoms with Crippen LogP contribution in [-0.2, 0) is 4.79 Å². The highest BCUT2D eigenvalue weighted by Crippen LogP contribution is 2.30. The summed E-state index contributed by atoms with van der Waals surface area (Å²) in [4.78, 5) is 22.1. The molecule has 2 heterocycles. The monoisotopic (exact) mass is 273 g/mol. The van der Waals surface area contributed by atoms with Crippen molar-refractivity contribution in [2.75, 3.05) is 11.6 Å². The van der Waals surface area contributed by atoms with Crippen molar-refractivity contribution < 1.29 is 19.2 Å². The largest absolute Gasteiger partial charge is 0.475 e. The lowest BCUT2D eigenvalue weighted by Crippen LogP contribution is -2.33. The van der Waals surface area contributed by atoms with E-state index >= 15 is 0 Å². The predicted octanol–water partition coefficient (Wildman–Crippen LogP) is 1.28. The van der Waals surface area contributed by atoms with E-state index in [0.717, 1.165) is 5.69 Å². The van der Waals surface area contributed by atoms with Crippen LogP contribution >= 0.6 is 0 Å². The van der Waals surface area contributed by atoms with Crippen LogP contribution in [0.2, 0.25) is 0 Å². The highest BCUT2D eigenvalue weighted by Gasteiger charge is 2.22. The number of carboxylic acid groups (broad SMARTS) is 1. The second-order valence-electron chi connectivity index (χ2n) is 4.34. The number of carbonyl (C=O) groups excluding carboxylic acids is 1. The third-order valence-corrected chi connectivity index (χ3v) is 3.01. The van der Waals surface area contributed by atoms with Crippen molar-refractivity contribution in [3.8, 4) is 11.3 Å². The van der Waals surface area contributed by atoms with Gasteiger partial charge in [-0.05, 0) is 6.07 Å². The van der Waals surface area contributed by atoms with Crippen LogP contribution in [0.25, 0.3) is 11.3 Å². The summed E-state index contributed by atoms with van der Waals surface area (Å²) in [5.41, 5.74) is 4.60. The zero-order chi connectivity index (χ0) is 14.1. The summed E-state index contributed by atoms with van der Waals surface area (Å²) in [6, 6.07) is 8.63. The molecule has 7 nitrogen and oxygen atoms in total. The molecule has 20 heavy (non-hydrogen) atoms. The van der Waals surface area contributed by atoms with Crippen LogP contribution in [0.5, 0.6) is 0 Å². The van der Waals surface area contributed by atoms with Gasteiger partial charge in [-0.3, -0.25) is 15.2 Å². The van der Waals surface area contributed by atoms with E-state index in [-0.39, 0.29) is 11.7 Å². The number of carbonyl (C=O) groups is 2. The number of amides is 1. The molecule has 7 heteroatoms. The minimum Gasteiger partial charge on any atom is -0.475 e. The van der Waals surface area contributed by atoms with Crippen molar-refractivity contribution in [3.05, 3.63) is 36.1 Å². The van der Waals surface area contributed by atoms with Gasteiger partial charge in [0.25, 0.3) is 0 Å². The fourth-order valence-electron chi connectivity index (χ4n) is 2.08. The van der Waals surface area contributed by atoms with Gasteiger partial charge < -0.3 is 9.63 Å². The van der Waals surface area contributed by atoms with Gasteiger partial charge in [0.1, 0.15) is 5.69 Å². The number of benzene rings is 1. The number of rotatable bonds is 3. The number of nitrogens with one attached hydrogen (secondary N) is 1. The van der Waals surface area contributed by atoms with E-state index in [1.165, 1.54) is 6.07 Å². The fraction of sp³-hybridized carbons (Fsp3) is 0.154. The SMILES string of the molecule is O=C1CCN(c2ccccc2-c2cc(C(=O)O)on2)N1. The van der Waals surface area contributed by atoms with E-state index in [4.69, 9.17) is 9.63 Å². The topological polar surface area (TPSA) is 95.7 Å². The highest BCUT2D eigenvalue weighted by molar-refractivity contribution is 5.88. The Morgan fingerprint density at radius 3 is 2.85 bits per heavy atom. The number of aromatic nitrogens is 1. The number of hydrogen-bond donors (Lipinski definition) is 2. The number of nitrogens with zero attached hydrogens (tertiary/aromatic N) is 2. The molecule has 0 radical (unpaired) electrons. The molecule has 1 fully saturated rings. The first-order valence-corrected chi connectivity index (χ1v) is 6.01. The van der Waals surface area contributed by atoms with E-state index in [2.05, 4.69) is 10.6 Å². The van der Waals surface area contributed by atoms with Crippen molar-refractivity contribution in [3.63, 3.8) is 0 Å². The van der Waals surface area contributed by atoms with Gasteiger partial charge in [0.2, 0.25) is 11.7 Å². The third kappa shape index (κ3) is 2.09. The lowest BCUT2D eigenvalue weighted by molar-refractivity contribution is -0.119. The zero-order valence-corrected chi connectivity index (χ0v) is 10.4. The van der Waals surface area contributed by atoms with Crippen LogP contribution < -0.4 is 10.4 Å². The number of hydrogen-bond acceptors (Lipinski definition) is 5. The van der Waals surface area contributed by atoms with Crippen LogP contribution in [0.4, 0.5) is 5.69 Å². The van der Waals surface area contributed by atoms with Crippen LogP contribution in [0, 0.1) is 0 Å². The molecular formula is C13H11N3O4. The number of aromatic carboxylic acids is 1. The molecule has 2 N–H and O–H groups in total. The van der Waals surface area contributed by atoms with E-state index in [0.29, 0.717) is 24.2 Å². The Hall–Kier alpha value is -2.83. The first-order chi connectivity index (χ1) is 9.65. The maximum Gasteiger partial charge on any atom is 0.374 e. The maximum atomic E-state index is 11.3. The van der Waals surface area contributed by atoms with Crippen LogP contribution in [0.1, 0.15) is 17.0 Å². The van der Waals surface area contributed by atoms with Gasteiger partial charge in [0, 0.05) is 24.6 Å². The van der Waals surface area contributed by atoms with Gasteiger partial charge in [-0.25, -0.2) is 4.79 Å². The summed E-state index contributed by atoms with van der Waals surface area (Å²) < 4.78 is 4.76. The van der Waals surface area contributed by atoms with Gasteiger partial charge in [0.15, 0.2) is 0 Å². The molecule has 0 saturated carbocycles. The Balaban J connectivity index is 2.00. The van der Waals surface area contributed by atoms with E-state index in [1.54, 1.807) is 11.1 Å². The average Bonchev–Trinajstić information content (AvgIpc) is 3.07. The number of hydrazine groups is 1. The summed E-state index contributed by atoms with van der Waals surface area (Å²) in [6.07, 6.45) is 0.424. The van der Waals surface area contributed by atoms with Crippen molar-refractivity contribution in [1.29, 1.82) is 0 Å². The van der Waals surface area contributed by atoms with E-state index in [1.807, 2.05) is 18.2 Å². The molecule has 1 amide bonds. The van der Waals surface area contributed by atoms with Gasteiger partial charge >= 0.3 is 5.97 Å². The smallest absolute Gasteiger partial charge is 0.374 e. The van der Waals surface area contributed by atoms with Gasteiger partial charge in [-0.1, -0.05) is 23.4 Å². The lowest BCUT2D eigenvalue weighted by atomic mass is 10.1. The predicted molar refractivity (Wildman–Crippen MR) is 69.0 cm³/mol. The Morgan fingerprint density at radius 1 is 1.40 bits per heavy atom. The molecular weight excluding hydrogens is 262 g/mol. The first-order valence-electron chi connectivity index (χ1n) is 6.01.